The summed E-state index contributed by atoms with van der Waals surface area (Å²) in [5.74, 6) is 2.38. The number of ether oxygens (including phenoxy) is 3. The van der Waals surface area contributed by atoms with E-state index in [4.69, 9.17) is 31.5 Å². The molecule has 1 amide bonds. The van der Waals surface area contributed by atoms with Crippen LogP contribution in [-0.2, 0) is 22.2 Å². The molecule has 50 heavy (non-hydrogen) atoms. The van der Waals surface area contributed by atoms with Crippen molar-refractivity contribution in [3.05, 3.63) is 106 Å². The lowest BCUT2D eigenvalue weighted by molar-refractivity contribution is -0.163. The number of hydrogen-bond donors (Lipinski definition) is 2. The van der Waals surface area contributed by atoms with Crippen molar-refractivity contribution in [2.45, 2.75) is 38.3 Å². The summed E-state index contributed by atoms with van der Waals surface area (Å²) in [4.78, 5) is 17.7. The highest BCUT2D eigenvalue weighted by molar-refractivity contribution is 6.32. The summed E-state index contributed by atoms with van der Waals surface area (Å²) >= 11 is 6.33. The highest BCUT2D eigenvalue weighted by atomic mass is 35.5. The van der Waals surface area contributed by atoms with E-state index >= 15 is 0 Å². The Morgan fingerprint density at radius 3 is 2.66 bits per heavy atom. The molecule has 3 aromatic carbocycles. The molecule has 2 aromatic heterocycles. The number of pyridine rings is 1. The molecule has 3 heterocycles. The van der Waals surface area contributed by atoms with Crippen LogP contribution in [0.5, 0.6) is 11.5 Å². The molecule has 1 aliphatic heterocycles. The van der Waals surface area contributed by atoms with E-state index in [2.05, 4.69) is 27.2 Å². The molecule has 258 valence electrons. The van der Waals surface area contributed by atoms with E-state index < -0.39 is 34.8 Å². The number of nitrogen functional groups attached to an aromatic ring is 1. The van der Waals surface area contributed by atoms with E-state index in [1.807, 2.05) is 0 Å². The molecule has 6 rings (SSSR count). The zero-order chi connectivity index (χ0) is 35.4. The highest BCUT2D eigenvalue weighted by Crippen LogP contribution is 2.44. The fourth-order valence-electron chi connectivity index (χ4n) is 5.27. The van der Waals surface area contributed by atoms with E-state index in [1.54, 1.807) is 24.4 Å². The van der Waals surface area contributed by atoms with Crippen LogP contribution in [-0.4, -0.2) is 40.2 Å². The molecule has 1 aliphatic rings. The fourth-order valence-corrected chi connectivity index (χ4v) is 5.43. The number of fused-ring (bicyclic) bond motifs is 1. The van der Waals surface area contributed by atoms with Gasteiger partial charge in [0.1, 0.15) is 23.1 Å². The Hall–Kier alpha value is -5.23. The van der Waals surface area contributed by atoms with Gasteiger partial charge in [0.2, 0.25) is 0 Å². The van der Waals surface area contributed by atoms with Crippen molar-refractivity contribution in [3.63, 3.8) is 0 Å². The van der Waals surface area contributed by atoms with Gasteiger partial charge in [0.25, 0.3) is 5.91 Å². The van der Waals surface area contributed by atoms with Gasteiger partial charge in [0.15, 0.2) is 17.9 Å². The molecular weight excluding hydrogens is 685 g/mol. The molecule has 0 bridgehead atoms. The number of carbonyl (C=O) groups excluding carboxylic acids is 1. The molecular formula is C35H27ClF5N5O4. The van der Waals surface area contributed by atoms with Crippen molar-refractivity contribution < 1.29 is 41.0 Å². The molecule has 1 atom stereocenters. The van der Waals surface area contributed by atoms with Crippen LogP contribution in [0.3, 0.4) is 0 Å². The second kappa shape index (κ2) is 14.7. The van der Waals surface area contributed by atoms with E-state index in [-0.39, 0.29) is 64.5 Å². The number of nitrogens with one attached hydrogen (secondary N) is 1. The molecule has 1 unspecified atom stereocenters. The fraction of sp³-hybridized carbons (Fsp3) is 0.229. The Kier molecular flexibility index (Phi) is 10.2. The lowest BCUT2D eigenvalue weighted by atomic mass is 10.1. The molecule has 5 aromatic rings. The van der Waals surface area contributed by atoms with Gasteiger partial charge in [0.05, 0.1) is 45.9 Å². The van der Waals surface area contributed by atoms with Crippen molar-refractivity contribution >= 4 is 39.9 Å². The summed E-state index contributed by atoms with van der Waals surface area (Å²) < 4.78 is 88.3. The summed E-state index contributed by atoms with van der Waals surface area (Å²) in [6.45, 7) is 0.918. The predicted octanol–water partition coefficient (Wildman–Crippen LogP) is 7.95. The minimum Gasteiger partial charge on any atom is -0.453 e. The first-order chi connectivity index (χ1) is 24.0. The zero-order valence-electron chi connectivity index (χ0n) is 26.0. The van der Waals surface area contributed by atoms with Gasteiger partial charge in [-0.25, -0.2) is 13.8 Å². The first-order valence-electron chi connectivity index (χ1n) is 15.3. The molecule has 1 fully saturated rings. The van der Waals surface area contributed by atoms with Gasteiger partial charge in [-0.3, -0.25) is 9.48 Å². The maximum absolute atomic E-state index is 14.3. The van der Waals surface area contributed by atoms with Crippen LogP contribution in [0.2, 0.25) is 5.02 Å². The number of benzene rings is 3. The minimum atomic E-state index is -4.93. The minimum absolute atomic E-state index is 0.0114. The first kappa shape index (κ1) is 34.6. The average molecular weight is 712 g/mol. The van der Waals surface area contributed by atoms with Crippen molar-refractivity contribution in [2.75, 3.05) is 24.3 Å². The van der Waals surface area contributed by atoms with Crippen molar-refractivity contribution in [2.24, 2.45) is 0 Å². The number of amides is 1. The number of carbonyl (C=O) groups is 1. The second-order valence-corrected chi connectivity index (χ2v) is 11.5. The van der Waals surface area contributed by atoms with Crippen LogP contribution in [0.4, 0.5) is 33.5 Å². The van der Waals surface area contributed by atoms with Crippen molar-refractivity contribution in [1.29, 1.82) is 0 Å². The summed E-state index contributed by atoms with van der Waals surface area (Å²) in [7, 11) is 0. The van der Waals surface area contributed by atoms with Crippen LogP contribution in [0.15, 0.2) is 66.9 Å². The maximum Gasteiger partial charge on any atom is 0.416 e. The molecule has 0 radical (unpaired) electrons. The smallest absolute Gasteiger partial charge is 0.416 e. The Morgan fingerprint density at radius 1 is 1.08 bits per heavy atom. The number of nitrogens with two attached hydrogens (primary N) is 1. The Balaban J connectivity index is 1.50. The molecule has 0 spiro atoms. The van der Waals surface area contributed by atoms with E-state index in [1.165, 1.54) is 16.8 Å². The lowest BCUT2D eigenvalue weighted by Gasteiger charge is -2.22. The highest BCUT2D eigenvalue weighted by Gasteiger charge is 2.32. The van der Waals surface area contributed by atoms with Crippen LogP contribution < -0.4 is 15.8 Å². The molecule has 3 N–H and O–H groups in total. The first-order valence-corrected chi connectivity index (χ1v) is 15.7. The van der Waals surface area contributed by atoms with Crippen LogP contribution in [0.25, 0.3) is 10.9 Å². The SMILES string of the molecule is Nc1nn(CCOC2CCCCO2)c2c(C#Cc3ccccn3)cc(NC(=O)c3cc(F)cc(C(F)(F)F)c3)c(Oc3cc(F)ccc3Cl)c12. The normalized spacial score (nSPS) is 14.6. The number of hydrogen-bond acceptors (Lipinski definition) is 7. The summed E-state index contributed by atoms with van der Waals surface area (Å²) in [6, 6.07) is 11.3. The van der Waals surface area contributed by atoms with Gasteiger partial charge in [-0.05, 0) is 73.7 Å². The number of nitrogens with zero attached hydrogens (tertiary/aromatic N) is 3. The second-order valence-electron chi connectivity index (χ2n) is 11.1. The maximum atomic E-state index is 14.3. The number of rotatable bonds is 8. The predicted molar refractivity (Wildman–Crippen MR) is 175 cm³/mol. The number of aromatic nitrogens is 3. The standard InChI is InChI=1S/C35H27ClF5N5O4/c36-26-10-8-23(37)19-28(26)50-32-27(44-34(47)21-15-22(35(39,40)41)18-24(38)16-21)17-20(7-9-25-5-1-3-11-43-25)31-30(32)33(42)45-46(31)12-14-49-29-6-2-4-13-48-29/h1,3,5,8,10-11,15-19,29H,2,4,6,12-14H2,(H2,42,45)(H,44,47). The third kappa shape index (κ3) is 7.97. The van der Waals surface area contributed by atoms with Gasteiger partial charge in [0, 0.05) is 24.4 Å². The van der Waals surface area contributed by atoms with Crippen molar-refractivity contribution in [1.82, 2.24) is 14.8 Å². The molecule has 15 heteroatoms. The van der Waals surface area contributed by atoms with Gasteiger partial charge >= 0.3 is 6.18 Å². The molecule has 9 nitrogen and oxygen atoms in total. The Bertz CT molecular complexity index is 2110. The molecule has 0 saturated carbocycles. The van der Waals surface area contributed by atoms with Crippen molar-refractivity contribution in [3.8, 4) is 23.3 Å². The topological polar surface area (TPSA) is 114 Å². The van der Waals surface area contributed by atoms with Crippen LogP contribution in [0.1, 0.15) is 46.4 Å². The molecule has 1 saturated heterocycles. The van der Waals surface area contributed by atoms with E-state index in [0.29, 0.717) is 30.0 Å². The average Bonchev–Trinajstić information content (AvgIpc) is 3.42. The lowest BCUT2D eigenvalue weighted by Crippen LogP contribution is -2.24. The summed E-state index contributed by atoms with van der Waals surface area (Å²) in [5, 5.41) is 7.06. The molecule has 0 aliphatic carbocycles. The van der Waals surface area contributed by atoms with Gasteiger partial charge in [-0.15, -0.1) is 0 Å². The number of alkyl halides is 3. The number of halogens is 6. The number of anilines is 2. The Labute approximate surface area is 287 Å². The third-order valence-corrected chi connectivity index (χ3v) is 7.88. The van der Waals surface area contributed by atoms with Gasteiger partial charge in [-0.2, -0.15) is 18.3 Å². The quantitative estimate of drug-likeness (QED) is 0.124. The largest absolute Gasteiger partial charge is 0.453 e. The van der Waals surface area contributed by atoms with E-state index in [0.717, 1.165) is 31.4 Å². The summed E-state index contributed by atoms with van der Waals surface area (Å²) in [6.07, 6.45) is -1.13. The zero-order valence-corrected chi connectivity index (χ0v) is 26.7. The van der Waals surface area contributed by atoms with Gasteiger partial charge < -0.3 is 25.3 Å². The summed E-state index contributed by atoms with van der Waals surface area (Å²) in [5.41, 5.74) is 5.25. The van der Waals surface area contributed by atoms with Crippen LogP contribution >= 0.6 is 11.6 Å². The van der Waals surface area contributed by atoms with Gasteiger partial charge in [-0.1, -0.05) is 23.6 Å². The third-order valence-electron chi connectivity index (χ3n) is 7.57. The van der Waals surface area contributed by atoms with E-state index in [9.17, 15) is 26.7 Å². The Morgan fingerprint density at radius 2 is 1.92 bits per heavy atom. The van der Waals surface area contributed by atoms with Crippen LogP contribution in [0, 0.1) is 23.5 Å². The monoisotopic (exact) mass is 711 g/mol.